The summed E-state index contributed by atoms with van der Waals surface area (Å²) < 4.78 is 5.06. The molecule has 0 radical (unpaired) electrons. The Morgan fingerprint density at radius 1 is 0.207 bits per heavy atom. The monoisotopic (exact) mass is 1040 g/mol. The highest BCUT2D eigenvalue weighted by Gasteiger charge is 2.52. The van der Waals surface area contributed by atoms with Crippen molar-refractivity contribution in [2.45, 2.75) is 5.41 Å². The lowest BCUT2D eigenvalue weighted by Gasteiger charge is -2.45. The van der Waals surface area contributed by atoms with Crippen LogP contribution in [0.25, 0.3) is 111 Å². The first kappa shape index (κ1) is 46.2. The molecule has 2 aromatic heterocycles. The van der Waals surface area contributed by atoms with Crippen LogP contribution in [-0.2, 0) is 5.41 Å². The maximum Gasteiger partial charge on any atom is 0.0755 e. The molecule has 3 heterocycles. The molecule has 2 aliphatic rings. The molecule has 1 spiro atoms. The first-order chi connectivity index (χ1) is 40.7. The van der Waals surface area contributed by atoms with Crippen LogP contribution >= 0.6 is 0 Å². The number of rotatable bonds is 7. The zero-order valence-electron chi connectivity index (χ0n) is 44.8. The lowest BCUT2D eigenvalue weighted by Crippen LogP contribution is -2.36. The highest BCUT2D eigenvalue weighted by atomic mass is 15.2. The van der Waals surface area contributed by atoms with Gasteiger partial charge in [-0.15, -0.1) is 0 Å². The van der Waals surface area contributed by atoms with Gasteiger partial charge in [-0.3, -0.25) is 0 Å². The lowest BCUT2D eigenvalue weighted by atomic mass is 9.64. The summed E-state index contributed by atoms with van der Waals surface area (Å²) in [6.07, 6.45) is 0. The Balaban J connectivity index is 0.963. The van der Waals surface area contributed by atoms with Crippen LogP contribution < -0.4 is 4.90 Å². The molecule has 17 rings (SSSR count). The quantitative estimate of drug-likeness (QED) is 0.155. The van der Waals surface area contributed by atoms with E-state index >= 15 is 0 Å². The van der Waals surface area contributed by atoms with E-state index in [9.17, 15) is 0 Å². The Kier molecular flexibility index (Phi) is 10.2. The summed E-state index contributed by atoms with van der Waals surface area (Å²) in [5.41, 5.74) is 26.7. The fourth-order valence-corrected chi connectivity index (χ4v) is 14.1. The van der Waals surface area contributed by atoms with Crippen LogP contribution in [0.2, 0.25) is 0 Å². The molecule has 1 aliphatic heterocycles. The minimum atomic E-state index is -0.739. The van der Waals surface area contributed by atoms with E-state index in [1.54, 1.807) is 0 Å². The van der Waals surface area contributed by atoms with Gasteiger partial charge in [-0.05, 0) is 169 Å². The molecule has 13 aromatic carbocycles. The molecule has 0 fully saturated rings. The summed E-state index contributed by atoms with van der Waals surface area (Å²) in [7, 11) is 0. The molecule has 0 atom stereocenters. The average Bonchev–Trinajstić information content (AvgIpc) is 3.39. The second-order valence-corrected chi connectivity index (χ2v) is 22.0. The number of aromatic nitrogens is 2. The van der Waals surface area contributed by atoms with Gasteiger partial charge in [-0.25, -0.2) is 0 Å². The van der Waals surface area contributed by atoms with Crippen molar-refractivity contribution >= 4 is 60.7 Å². The van der Waals surface area contributed by atoms with Crippen molar-refractivity contribution in [3.05, 3.63) is 332 Å². The number of benzene rings is 13. The standard InChI is InChI=1S/C79H51N3/c1-5-22-52(23-6-1)55-40-42-56(43-41-55)57-28-21-31-61(45-57)81-73-36-17-13-32-63(73)67-48-65-66-49-68-64-33-14-18-37-74(64)82(62-46-58(53-24-7-2-8-25-53)44-59(47-62)54-26-9-3-10-27-54)78(68)51-72(66)79(71(65)50-77(67)81)69-34-15-19-38-75(69)80(60-29-11-4-12-30-60)76-39-20-16-35-70(76)79/h1-51H. The Hall–Kier alpha value is -10.7. The normalized spacial score (nSPS) is 13.0. The first-order valence-electron chi connectivity index (χ1n) is 28.4. The maximum absolute atomic E-state index is 2.58. The molecule has 0 saturated heterocycles. The average molecular weight is 1040 g/mol. The SMILES string of the molecule is c1ccc(-c2ccc(-c3cccc(-n4c5ccccc5c5cc6c(cc54)C4(c5cc7c(cc5-6)c5ccccc5n7-c5cc(-c6ccccc6)cc(-c6ccccc6)c5)c5ccccc5N(c5ccccc5)c5ccccc54)c3)cc2)cc1. The van der Waals surface area contributed by atoms with Gasteiger partial charge in [0.05, 0.1) is 38.9 Å². The zero-order chi connectivity index (χ0) is 53.9. The number of fused-ring (bicyclic) bond motifs is 15. The summed E-state index contributed by atoms with van der Waals surface area (Å²) in [5.74, 6) is 0. The second kappa shape index (κ2) is 18.2. The fraction of sp³-hybridized carbons (Fsp3) is 0.0127. The second-order valence-electron chi connectivity index (χ2n) is 22.0. The molecule has 0 amide bonds. The third-order valence-corrected chi connectivity index (χ3v) is 17.7. The van der Waals surface area contributed by atoms with Crippen LogP contribution in [0.1, 0.15) is 22.3 Å². The number of hydrogen-bond acceptors (Lipinski definition) is 1. The maximum atomic E-state index is 2.58. The van der Waals surface area contributed by atoms with E-state index in [0.717, 1.165) is 17.1 Å². The van der Waals surface area contributed by atoms with Gasteiger partial charge in [0.15, 0.2) is 0 Å². The molecule has 3 nitrogen and oxygen atoms in total. The van der Waals surface area contributed by atoms with Crippen molar-refractivity contribution in [1.29, 1.82) is 0 Å². The van der Waals surface area contributed by atoms with Crippen molar-refractivity contribution in [3.63, 3.8) is 0 Å². The van der Waals surface area contributed by atoms with Crippen LogP contribution in [0.3, 0.4) is 0 Å². The zero-order valence-corrected chi connectivity index (χ0v) is 44.8. The molecule has 3 heteroatoms. The summed E-state index contributed by atoms with van der Waals surface area (Å²) in [6.45, 7) is 0. The van der Waals surface area contributed by atoms with E-state index < -0.39 is 5.41 Å². The minimum Gasteiger partial charge on any atom is -0.310 e. The van der Waals surface area contributed by atoms with E-state index in [4.69, 9.17) is 0 Å². The van der Waals surface area contributed by atoms with Gasteiger partial charge in [-0.2, -0.15) is 0 Å². The highest BCUT2D eigenvalue weighted by Crippen LogP contribution is 2.65. The van der Waals surface area contributed by atoms with E-state index in [0.29, 0.717) is 0 Å². The molecular formula is C79H51N3. The largest absolute Gasteiger partial charge is 0.310 e. The summed E-state index contributed by atoms with van der Waals surface area (Å²) >= 11 is 0. The molecule has 0 N–H and O–H groups in total. The summed E-state index contributed by atoms with van der Waals surface area (Å²) in [4.78, 5) is 2.48. The van der Waals surface area contributed by atoms with E-state index in [-0.39, 0.29) is 0 Å². The number of hydrogen-bond donors (Lipinski definition) is 0. The van der Waals surface area contributed by atoms with Gasteiger partial charge < -0.3 is 14.0 Å². The Morgan fingerprint density at radius 3 is 1.11 bits per heavy atom. The Bertz CT molecular complexity index is 4910. The third kappa shape index (κ3) is 6.84. The van der Waals surface area contributed by atoms with Crippen LogP contribution in [0, 0.1) is 0 Å². The number of para-hydroxylation sites is 5. The van der Waals surface area contributed by atoms with Gasteiger partial charge >= 0.3 is 0 Å². The van der Waals surface area contributed by atoms with Crippen LogP contribution in [0.5, 0.6) is 0 Å². The van der Waals surface area contributed by atoms with Crippen molar-refractivity contribution in [2.24, 2.45) is 0 Å². The third-order valence-electron chi connectivity index (χ3n) is 17.7. The van der Waals surface area contributed by atoms with Gasteiger partial charge in [0.25, 0.3) is 0 Å². The smallest absolute Gasteiger partial charge is 0.0755 e. The van der Waals surface area contributed by atoms with Crippen molar-refractivity contribution in [3.8, 4) is 67.0 Å². The summed E-state index contributed by atoms with van der Waals surface area (Å²) in [5, 5.41) is 4.90. The lowest BCUT2D eigenvalue weighted by molar-refractivity contribution is 0.754. The van der Waals surface area contributed by atoms with Gasteiger partial charge in [0.1, 0.15) is 0 Å². The molecule has 0 bridgehead atoms. The Morgan fingerprint density at radius 2 is 0.585 bits per heavy atom. The molecule has 0 unspecified atom stereocenters. The van der Waals surface area contributed by atoms with Gasteiger partial charge in [-0.1, -0.05) is 218 Å². The van der Waals surface area contributed by atoms with Gasteiger partial charge in [0.2, 0.25) is 0 Å². The predicted molar refractivity (Wildman–Crippen MR) is 342 cm³/mol. The number of nitrogens with zero attached hydrogens (tertiary/aromatic N) is 3. The molecule has 1 aliphatic carbocycles. The molecule has 382 valence electrons. The van der Waals surface area contributed by atoms with Crippen molar-refractivity contribution < 1.29 is 0 Å². The highest BCUT2D eigenvalue weighted by molar-refractivity contribution is 6.16. The van der Waals surface area contributed by atoms with Crippen molar-refractivity contribution in [2.75, 3.05) is 4.90 Å². The first-order valence-corrected chi connectivity index (χ1v) is 28.4. The van der Waals surface area contributed by atoms with Crippen LogP contribution in [0.4, 0.5) is 17.1 Å². The van der Waals surface area contributed by atoms with E-state index in [1.807, 2.05) is 0 Å². The van der Waals surface area contributed by atoms with Crippen molar-refractivity contribution in [1.82, 2.24) is 9.13 Å². The predicted octanol–water partition coefficient (Wildman–Crippen LogP) is 20.7. The molecule has 0 saturated carbocycles. The van der Waals surface area contributed by atoms with E-state index in [1.165, 1.54) is 133 Å². The summed E-state index contributed by atoms with van der Waals surface area (Å²) in [6, 6.07) is 115. The van der Waals surface area contributed by atoms with Crippen LogP contribution in [0.15, 0.2) is 309 Å². The van der Waals surface area contributed by atoms with Gasteiger partial charge in [0, 0.05) is 38.6 Å². The number of anilines is 3. The fourth-order valence-electron chi connectivity index (χ4n) is 14.1. The Labute approximate surface area is 476 Å². The molecule has 15 aromatic rings. The van der Waals surface area contributed by atoms with Crippen LogP contribution in [-0.4, -0.2) is 9.13 Å². The molecule has 82 heavy (non-hydrogen) atoms. The minimum absolute atomic E-state index is 0.739. The molecular weight excluding hydrogens is 991 g/mol. The topological polar surface area (TPSA) is 13.1 Å². The van der Waals surface area contributed by atoms with E-state index in [2.05, 4.69) is 323 Å².